The predicted molar refractivity (Wildman–Crippen MR) is 99.3 cm³/mol. The van der Waals surface area contributed by atoms with Gasteiger partial charge in [-0.1, -0.05) is 25.4 Å². The summed E-state index contributed by atoms with van der Waals surface area (Å²) in [5.74, 6) is 0.819. The zero-order valence-corrected chi connectivity index (χ0v) is 14.9. The maximum absolute atomic E-state index is 11.1. The Morgan fingerprint density at radius 3 is 2.58 bits per heavy atom. The van der Waals surface area contributed by atoms with Gasteiger partial charge in [-0.2, -0.15) is 5.10 Å². The average Bonchev–Trinajstić information content (AvgIpc) is 2.57. The molecule has 0 spiro atoms. The lowest BCUT2D eigenvalue weighted by Crippen LogP contribution is -2.48. The van der Waals surface area contributed by atoms with Gasteiger partial charge in [0.25, 0.3) is 5.69 Å². The third kappa shape index (κ3) is 3.08. The Morgan fingerprint density at radius 2 is 2.00 bits per heavy atom. The number of halogens is 1. The molecule has 0 aromatic heterocycles. The summed E-state index contributed by atoms with van der Waals surface area (Å²) >= 11 is 6.32. The van der Waals surface area contributed by atoms with Crippen LogP contribution < -0.4 is 5.43 Å². The van der Waals surface area contributed by atoms with Crippen molar-refractivity contribution in [3.05, 3.63) is 61.2 Å². The largest absolute Gasteiger partial charge is 0.301 e. The Balaban J connectivity index is 1.76. The van der Waals surface area contributed by atoms with E-state index in [0.717, 1.165) is 23.1 Å². The van der Waals surface area contributed by atoms with Crippen molar-refractivity contribution in [1.82, 2.24) is 0 Å². The standard InChI is InChI=1S/C17H17ClN4O4/c1-17(2)12-9-13(17)14(18)7-10(12)5-6-19-20-15-4-3-11(21(23)24)8-16(15)22(25)26/h3-8,12-13,20H,9H2,1-2H3/b10-5-,19-6+. The van der Waals surface area contributed by atoms with Gasteiger partial charge < -0.3 is 0 Å². The second kappa shape index (κ2) is 6.53. The zero-order chi connectivity index (χ0) is 19.1. The maximum atomic E-state index is 11.1. The first-order valence-corrected chi connectivity index (χ1v) is 8.38. The number of fused-ring (bicyclic) bond motifs is 1. The molecule has 2 unspecified atom stereocenters. The molecule has 2 atom stereocenters. The van der Waals surface area contributed by atoms with Crippen molar-refractivity contribution in [1.29, 1.82) is 0 Å². The van der Waals surface area contributed by atoms with E-state index in [1.165, 1.54) is 18.3 Å². The number of hydrogen-bond acceptors (Lipinski definition) is 6. The van der Waals surface area contributed by atoms with Crippen LogP contribution in [0.15, 0.2) is 46.1 Å². The highest BCUT2D eigenvalue weighted by atomic mass is 35.5. The summed E-state index contributed by atoms with van der Waals surface area (Å²) < 4.78 is 0. The number of non-ortho nitro benzene ring substituents is 1. The topological polar surface area (TPSA) is 111 Å². The molecule has 9 heteroatoms. The molecule has 0 radical (unpaired) electrons. The summed E-state index contributed by atoms with van der Waals surface area (Å²) in [4.78, 5) is 20.5. The monoisotopic (exact) mass is 376 g/mol. The fraction of sp³-hybridized carbons (Fsp3) is 0.353. The first-order valence-electron chi connectivity index (χ1n) is 8.01. The van der Waals surface area contributed by atoms with Gasteiger partial charge in [-0.05, 0) is 41.5 Å². The van der Waals surface area contributed by atoms with Gasteiger partial charge in [0.2, 0.25) is 0 Å². The van der Waals surface area contributed by atoms with E-state index in [1.54, 1.807) is 0 Å². The van der Waals surface area contributed by atoms with E-state index >= 15 is 0 Å². The first kappa shape index (κ1) is 18.1. The molecule has 0 saturated heterocycles. The Kier molecular flexibility index (Phi) is 4.53. The van der Waals surface area contributed by atoms with Gasteiger partial charge >= 0.3 is 5.69 Å². The van der Waals surface area contributed by atoms with E-state index in [1.807, 2.05) is 12.2 Å². The van der Waals surface area contributed by atoms with E-state index in [4.69, 9.17) is 11.6 Å². The van der Waals surface area contributed by atoms with Gasteiger partial charge in [-0.25, -0.2) is 0 Å². The second-order valence-electron chi connectivity index (χ2n) is 6.96. The van der Waals surface area contributed by atoms with E-state index < -0.39 is 15.5 Å². The molecule has 1 aromatic carbocycles. The Labute approximate surface area is 154 Å². The minimum Gasteiger partial charge on any atom is -0.272 e. The molecule has 3 aliphatic carbocycles. The van der Waals surface area contributed by atoms with Gasteiger partial charge in [-0.3, -0.25) is 25.7 Å². The van der Waals surface area contributed by atoms with Crippen LogP contribution in [-0.2, 0) is 0 Å². The van der Waals surface area contributed by atoms with Crippen LogP contribution in [0, 0.1) is 37.5 Å². The van der Waals surface area contributed by atoms with Crippen LogP contribution in [0.2, 0.25) is 0 Å². The molecule has 1 aromatic rings. The molecule has 3 aliphatic rings. The Hall–Kier alpha value is -2.74. The van der Waals surface area contributed by atoms with Crippen molar-refractivity contribution in [2.45, 2.75) is 20.3 Å². The summed E-state index contributed by atoms with van der Waals surface area (Å²) in [7, 11) is 0. The zero-order valence-electron chi connectivity index (χ0n) is 14.2. The molecule has 0 heterocycles. The third-order valence-corrected chi connectivity index (χ3v) is 5.60. The van der Waals surface area contributed by atoms with Crippen LogP contribution in [0.1, 0.15) is 20.3 Å². The number of nitro benzene ring substituents is 2. The van der Waals surface area contributed by atoms with Crippen molar-refractivity contribution >= 4 is 34.9 Å². The summed E-state index contributed by atoms with van der Waals surface area (Å²) in [6.45, 7) is 4.37. The number of anilines is 1. The number of nitrogens with one attached hydrogen (secondary N) is 1. The lowest BCUT2D eigenvalue weighted by molar-refractivity contribution is -0.393. The lowest BCUT2D eigenvalue weighted by Gasteiger charge is -2.56. The van der Waals surface area contributed by atoms with E-state index in [-0.39, 0.29) is 16.8 Å². The second-order valence-corrected chi connectivity index (χ2v) is 7.40. The Morgan fingerprint density at radius 1 is 1.27 bits per heavy atom. The van der Waals surface area contributed by atoms with Gasteiger partial charge in [-0.15, -0.1) is 0 Å². The maximum Gasteiger partial charge on any atom is 0.301 e. The quantitative estimate of drug-likeness (QED) is 0.457. The molecule has 0 aliphatic heterocycles. The number of hydrogen-bond donors (Lipinski definition) is 1. The van der Waals surface area contributed by atoms with E-state index in [2.05, 4.69) is 24.4 Å². The highest BCUT2D eigenvalue weighted by Gasteiger charge is 2.52. The lowest BCUT2D eigenvalue weighted by atomic mass is 9.50. The number of rotatable bonds is 5. The third-order valence-electron chi connectivity index (χ3n) is 5.22. The molecular weight excluding hydrogens is 360 g/mol. The van der Waals surface area contributed by atoms with Crippen molar-refractivity contribution in [2.75, 3.05) is 5.43 Å². The number of nitrogens with zero attached hydrogens (tertiary/aromatic N) is 3. The van der Waals surface area contributed by atoms with Crippen LogP contribution in [0.25, 0.3) is 0 Å². The van der Waals surface area contributed by atoms with Crippen LogP contribution in [0.3, 0.4) is 0 Å². The number of benzene rings is 1. The average molecular weight is 377 g/mol. The van der Waals surface area contributed by atoms with Crippen LogP contribution in [-0.4, -0.2) is 16.1 Å². The number of allylic oxidation sites excluding steroid dienone is 4. The highest BCUT2D eigenvalue weighted by molar-refractivity contribution is 6.30. The van der Waals surface area contributed by atoms with Gasteiger partial charge in [0.15, 0.2) is 0 Å². The molecule has 1 fully saturated rings. The van der Waals surface area contributed by atoms with Gasteiger partial charge in [0.05, 0.1) is 15.9 Å². The van der Waals surface area contributed by atoms with Crippen LogP contribution in [0.5, 0.6) is 0 Å². The number of hydrazone groups is 1. The molecular formula is C17H17ClN4O4. The summed E-state index contributed by atoms with van der Waals surface area (Å²) in [5.41, 5.74) is 3.08. The fourth-order valence-electron chi connectivity index (χ4n) is 3.59. The van der Waals surface area contributed by atoms with Crippen molar-refractivity contribution < 1.29 is 9.85 Å². The molecule has 1 N–H and O–H groups in total. The molecule has 2 bridgehead atoms. The smallest absolute Gasteiger partial charge is 0.272 e. The SMILES string of the molecule is CC1(C)C2CC1/C(=C\C=N\Nc1ccc([N+](=O)[O-])cc1[N+](=O)[O-])C=C2Cl. The first-order chi connectivity index (χ1) is 12.2. The fourth-order valence-corrected chi connectivity index (χ4v) is 4.09. The minimum atomic E-state index is -0.690. The summed E-state index contributed by atoms with van der Waals surface area (Å²) in [6.07, 6.45) is 6.31. The van der Waals surface area contributed by atoms with Gasteiger partial charge in [0, 0.05) is 23.2 Å². The van der Waals surface area contributed by atoms with Gasteiger partial charge in [0.1, 0.15) is 5.69 Å². The molecule has 0 amide bonds. The number of nitro groups is 2. The minimum absolute atomic E-state index is 0.0801. The van der Waals surface area contributed by atoms with Crippen molar-refractivity contribution in [3.8, 4) is 0 Å². The highest BCUT2D eigenvalue weighted by Crippen LogP contribution is 2.61. The molecule has 26 heavy (non-hydrogen) atoms. The summed E-state index contributed by atoms with van der Waals surface area (Å²) in [6, 6.07) is 3.35. The van der Waals surface area contributed by atoms with Crippen molar-refractivity contribution in [2.24, 2.45) is 22.4 Å². The van der Waals surface area contributed by atoms with Crippen molar-refractivity contribution in [3.63, 3.8) is 0 Å². The summed E-state index contributed by atoms with van der Waals surface area (Å²) in [5, 5.41) is 26.7. The van der Waals surface area contributed by atoms with Crippen LogP contribution >= 0.6 is 11.6 Å². The van der Waals surface area contributed by atoms with E-state index in [0.29, 0.717) is 11.8 Å². The normalized spacial score (nSPS) is 24.9. The predicted octanol–water partition coefficient (Wildman–Crippen LogP) is 4.63. The molecule has 8 nitrogen and oxygen atoms in total. The molecule has 136 valence electrons. The van der Waals surface area contributed by atoms with E-state index in [9.17, 15) is 20.2 Å². The molecule has 4 rings (SSSR count). The Bertz CT molecular complexity index is 876. The molecule has 1 saturated carbocycles. The van der Waals surface area contributed by atoms with Crippen LogP contribution in [0.4, 0.5) is 17.1 Å².